The lowest BCUT2D eigenvalue weighted by Gasteiger charge is -2.12. The first kappa shape index (κ1) is 15.3. The number of carbonyl (C=O) groups is 2. The van der Waals surface area contributed by atoms with Crippen LogP contribution in [0.1, 0.15) is 6.42 Å². The standard InChI is InChI=1S/C17H19N3O3/c1-20-7-6-12-3-5-14(9-15(12)20)19-17(23)16(22)18-13-4-2-11(8-13)10-21/h2-7,9,11,13,21H,8,10H2,1H3,(H,18,22)(H,19,23)/t11-,13+/m0/s1. The number of aryl methyl sites for hydroxylation is 1. The van der Waals surface area contributed by atoms with Crippen molar-refractivity contribution in [2.45, 2.75) is 12.5 Å². The molecule has 1 aliphatic rings. The topological polar surface area (TPSA) is 83.4 Å². The molecule has 1 aliphatic carbocycles. The van der Waals surface area contributed by atoms with E-state index in [1.54, 1.807) is 6.07 Å². The summed E-state index contributed by atoms with van der Waals surface area (Å²) in [7, 11) is 1.92. The Morgan fingerprint density at radius 1 is 1.26 bits per heavy atom. The first-order valence-corrected chi connectivity index (χ1v) is 7.53. The second-order valence-electron chi connectivity index (χ2n) is 5.80. The van der Waals surface area contributed by atoms with E-state index in [0.717, 1.165) is 10.9 Å². The number of hydrogen-bond donors (Lipinski definition) is 3. The van der Waals surface area contributed by atoms with Crippen molar-refractivity contribution < 1.29 is 14.7 Å². The number of hydrogen-bond acceptors (Lipinski definition) is 3. The minimum absolute atomic E-state index is 0.0445. The van der Waals surface area contributed by atoms with Crippen LogP contribution in [0.4, 0.5) is 5.69 Å². The molecular weight excluding hydrogens is 294 g/mol. The molecule has 3 N–H and O–H groups in total. The Labute approximate surface area is 133 Å². The van der Waals surface area contributed by atoms with Crippen molar-refractivity contribution in [1.82, 2.24) is 9.88 Å². The summed E-state index contributed by atoms with van der Waals surface area (Å²) in [6.45, 7) is 0.0474. The number of anilines is 1. The number of nitrogens with one attached hydrogen (secondary N) is 2. The predicted molar refractivity (Wildman–Crippen MR) is 87.8 cm³/mol. The molecule has 0 saturated heterocycles. The van der Waals surface area contributed by atoms with Crippen LogP contribution < -0.4 is 10.6 Å². The van der Waals surface area contributed by atoms with Crippen molar-refractivity contribution in [2.24, 2.45) is 13.0 Å². The van der Waals surface area contributed by atoms with Gasteiger partial charge in [-0.3, -0.25) is 9.59 Å². The second-order valence-corrected chi connectivity index (χ2v) is 5.80. The summed E-state index contributed by atoms with van der Waals surface area (Å²) in [6.07, 6.45) is 6.21. The van der Waals surface area contributed by atoms with Crippen LogP contribution in [0, 0.1) is 5.92 Å². The molecule has 0 saturated carbocycles. The predicted octanol–water partition coefficient (Wildman–Crippen LogP) is 1.17. The summed E-state index contributed by atoms with van der Waals surface area (Å²) < 4.78 is 1.95. The molecule has 2 amide bonds. The molecule has 1 aromatic heterocycles. The smallest absolute Gasteiger partial charge is 0.313 e. The molecule has 6 nitrogen and oxygen atoms in total. The molecule has 0 spiro atoms. The zero-order valence-corrected chi connectivity index (χ0v) is 12.8. The van der Waals surface area contributed by atoms with E-state index in [1.807, 2.05) is 48.2 Å². The first-order valence-electron chi connectivity index (χ1n) is 7.53. The summed E-state index contributed by atoms with van der Waals surface area (Å²) in [6, 6.07) is 7.27. The van der Waals surface area contributed by atoms with Crippen LogP contribution in [0.2, 0.25) is 0 Å². The number of aliphatic hydroxyl groups is 1. The Hall–Kier alpha value is -2.60. The Morgan fingerprint density at radius 3 is 2.83 bits per heavy atom. The number of carbonyl (C=O) groups excluding carboxylic acids is 2. The highest BCUT2D eigenvalue weighted by molar-refractivity contribution is 6.39. The average molecular weight is 313 g/mol. The van der Waals surface area contributed by atoms with Gasteiger partial charge in [-0.15, -0.1) is 0 Å². The molecule has 3 rings (SSSR count). The molecule has 6 heteroatoms. The maximum Gasteiger partial charge on any atom is 0.313 e. The van der Waals surface area contributed by atoms with E-state index in [-0.39, 0.29) is 18.6 Å². The number of fused-ring (bicyclic) bond motifs is 1. The molecule has 2 aromatic rings. The van der Waals surface area contributed by atoms with Crippen LogP contribution in [-0.2, 0) is 16.6 Å². The Kier molecular flexibility index (Phi) is 4.16. The molecule has 120 valence electrons. The molecule has 0 unspecified atom stereocenters. The van der Waals surface area contributed by atoms with E-state index >= 15 is 0 Å². The number of aliphatic hydroxyl groups excluding tert-OH is 1. The molecule has 0 aliphatic heterocycles. The van der Waals surface area contributed by atoms with E-state index in [2.05, 4.69) is 10.6 Å². The maximum absolute atomic E-state index is 12.0. The van der Waals surface area contributed by atoms with E-state index < -0.39 is 11.8 Å². The summed E-state index contributed by atoms with van der Waals surface area (Å²) in [4.78, 5) is 24.0. The Morgan fingerprint density at radius 2 is 2.09 bits per heavy atom. The van der Waals surface area contributed by atoms with Crippen LogP contribution in [0.3, 0.4) is 0 Å². The van der Waals surface area contributed by atoms with Gasteiger partial charge < -0.3 is 20.3 Å². The maximum atomic E-state index is 12.0. The summed E-state index contributed by atoms with van der Waals surface area (Å²) in [5, 5.41) is 15.4. The minimum Gasteiger partial charge on any atom is -0.396 e. The molecule has 0 fully saturated rings. The number of amides is 2. The third-order valence-corrected chi connectivity index (χ3v) is 4.08. The third-order valence-electron chi connectivity index (χ3n) is 4.08. The fourth-order valence-corrected chi connectivity index (χ4v) is 2.78. The normalized spacial score (nSPS) is 19.9. The number of benzene rings is 1. The third kappa shape index (κ3) is 3.27. The van der Waals surface area contributed by atoms with Gasteiger partial charge in [-0.05, 0) is 30.0 Å². The molecular formula is C17H19N3O3. The van der Waals surface area contributed by atoms with Crippen molar-refractivity contribution in [1.29, 1.82) is 0 Å². The van der Waals surface area contributed by atoms with Gasteiger partial charge in [0, 0.05) is 43.0 Å². The summed E-state index contributed by atoms with van der Waals surface area (Å²) in [5.74, 6) is -1.33. The molecule has 0 bridgehead atoms. The summed E-state index contributed by atoms with van der Waals surface area (Å²) >= 11 is 0. The SMILES string of the molecule is Cn1ccc2ccc(NC(=O)C(=O)N[C@@H]3C=C[C@H](CO)C3)cc21. The van der Waals surface area contributed by atoms with Crippen molar-refractivity contribution in [3.05, 3.63) is 42.6 Å². The average Bonchev–Trinajstić information content (AvgIpc) is 3.14. The number of nitrogens with zero attached hydrogens (tertiary/aromatic N) is 1. The quantitative estimate of drug-likeness (QED) is 0.587. The van der Waals surface area contributed by atoms with E-state index in [0.29, 0.717) is 12.1 Å². The lowest BCUT2D eigenvalue weighted by atomic mass is 10.1. The molecule has 0 radical (unpaired) electrons. The highest BCUT2D eigenvalue weighted by Gasteiger charge is 2.23. The number of rotatable bonds is 3. The van der Waals surface area contributed by atoms with Crippen LogP contribution in [0.25, 0.3) is 10.9 Å². The van der Waals surface area contributed by atoms with Gasteiger partial charge in [0.2, 0.25) is 0 Å². The van der Waals surface area contributed by atoms with Gasteiger partial charge in [0.25, 0.3) is 0 Å². The Balaban J connectivity index is 1.62. The van der Waals surface area contributed by atoms with Crippen molar-refractivity contribution >= 4 is 28.4 Å². The fourth-order valence-electron chi connectivity index (χ4n) is 2.78. The second kappa shape index (κ2) is 6.26. The monoisotopic (exact) mass is 313 g/mol. The van der Waals surface area contributed by atoms with Gasteiger partial charge in [-0.25, -0.2) is 0 Å². The van der Waals surface area contributed by atoms with Crippen molar-refractivity contribution in [2.75, 3.05) is 11.9 Å². The van der Waals surface area contributed by atoms with Crippen LogP contribution in [0.15, 0.2) is 42.6 Å². The van der Waals surface area contributed by atoms with E-state index in [4.69, 9.17) is 5.11 Å². The van der Waals surface area contributed by atoms with Crippen LogP contribution in [0.5, 0.6) is 0 Å². The van der Waals surface area contributed by atoms with Crippen molar-refractivity contribution in [3.63, 3.8) is 0 Å². The number of aromatic nitrogens is 1. The largest absolute Gasteiger partial charge is 0.396 e. The van der Waals surface area contributed by atoms with Crippen molar-refractivity contribution in [3.8, 4) is 0 Å². The summed E-state index contributed by atoms with van der Waals surface area (Å²) in [5.41, 5.74) is 1.56. The zero-order chi connectivity index (χ0) is 16.4. The van der Waals surface area contributed by atoms with Crippen LogP contribution in [-0.4, -0.2) is 34.1 Å². The van der Waals surface area contributed by atoms with Gasteiger partial charge in [-0.1, -0.05) is 18.2 Å². The fraction of sp³-hybridized carbons (Fsp3) is 0.294. The van der Waals surface area contributed by atoms with Gasteiger partial charge >= 0.3 is 11.8 Å². The van der Waals surface area contributed by atoms with Crippen LogP contribution >= 0.6 is 0 Å². The molecule has 1 heterocycles. The molecule has 23 heavy (non-hydrogen) atoms. The Bertz CT molecular complexity index is 778. The van der Waals surface area contributed by atoms with Gasteiger partial charge in [0.15, 0.2) is 0 Å². The highest BCUT2D eigenvalue weighted by atomic mass is 16.3. The molecule has 2 atom stereocenters. The van der Waals surface area contributed by atoms with Gasteiger partial charge in [-0.2, -0.15) is 0 Å². The zero-order valence-electron chi connectivity index (χ0n) is 12.8. The van der Waals surface area contributed by atoms with E-state index in [1.165, 1.54) is 0 Å². The van der Waals surface area contributed by atoms with E-state index in [9.17, 15) is 9.59 Å². The molecule has 1 aromatic carbocycles. The lowest BCUT2D eigenvalue weighted by Crippen LogP contribution is -2.40. The van der Waals surface area contributed by atoms with Gasteiger partial charge in [0.05, 0.1) is 0 Å². The lowest BCUT2D eigenvalue weighted by molar-refractivity contribution is -0.136. The minimum atomic E-state index is -0.695. The van der Waals surface area contributed by atoms with Gasteiger partial charge in [0.1, 0.15) is 0 Å². The first-order chi connectivity index (χ1) is 11.1. The highest BCUT2D eigenvalue weighted by Crippen LogP contribution is 2.20.